The van der Waals surface area contributed by atoms with Gasteiger partial charge in [0, 0.05) is 6.20 Å². The number of aromatic nitrogens is 1. The molecule has 0 bridgehead atoms. The summed E-state index contributed by atoms with van der Waals surface area (Å²) in [5, 5.41) is 2.95. The molecule has 0 aliphatic heterocycles. The van der Waals surface area contributed by atoms with Crippen molar-refractivity contribution in [2.45, 2.75) is 19.9 Å². The predicted octanol–water partition coefficient (Wildman–Crippen LogP) is 2.82. The van der Waals surface area contributed by atoms with Crippen LogP contribution in [0.3, 0.4) is 0 Å². The van der Waals surface area contributed by atoms with E-state index in [1.807, 2.05) is 12.1 Å². The van der Waals surface area contributed by atoms with Crippen LogP contribution in [-0.2, 0) is 13.0 Å². The van der Waals surface area contributed by atoms with Crippen LogP contribution in [0.1, 0.15) is 28.7 Å². The first-order valence-corrected chi connectivity index (χ1v) is 6.04. The average molecular weight is 265 g/mol. The second-order valence-corrected chi connectivity index (χ2v) is 4.12. The number of halogens is 1. The number of pyridine rings is 1. The molecule has 4 nitrogen and oxygen atoms in total. The Kier molecular flexibility index (Phi) is 3.99. The zero-order valence-electron chi connectivity index (χ0n) is 9.94. The highest BCUT2D eigenvalue weighted by molar-refractivity contribution is 6.29. The van der Waals surface area contributed by atoms with Crippen LogP contribution in [0.4, 0.5) is 0 Å². The molecule has 0 atom stereocenters. The van der Waals surface area contributed by atoms with E-state index in [1.54, 1.807) is 6.20 Å². The van der Waals surface area contributed by atoms with Crippen molar-refractivity contribution in [3.05, 3.63) is 52.7 Å². The van der Waals surface area contributed by atoms with E-state index < -0.39 is 0 Å². The van der Waals surface area contributed by atoms with Crippen molar-refractivity contribution < 1.29 is 9.21 Å². The minimum atomic E-state index is -0.297. The highest BCUT2D eigenvalue weighted by Gasteiger charge is 2.11. The molecule has 0 aromatic carbocycles. The van der Waals surface area contributed by atoms with Gasteiger partial charge >= 0.3 is 0 Å². The fourth-order valence-corrected chi connectivity index (χ4v) is 1.79. The average Bonchev–Trinajstić information content (AvgIpc) is 2.83. The maximum atomic E-state index is 11.7. The lowest BCUT2D eigenvalue weighted by Gasteiger charge is -2.06. The third-order valence-corrected chi connectivity index (χ3v) is 2.78. The van der Waals surface area contributed by atoms with Crippen molar-refractivity contribution in [3.8, 4) is 0 Å². The summed E-state index contributed by atoms with van der Waals surface area (Å²) in [6.07, 6.45) is 2.59. The van der Waals surface area contributed by atoms with E-state index >= 15 is 0 Å². The van der Waals surface area contributed by atoms with Gasteiger partial charge in [0.25, 0.3) is 5.91 Å². The Balaban J connectivity index is 2.01. The van der Waals surface area contributed by atoms with E-state index in [4.69, 9.17) is 16.0 Å². The number of amides is 1. The molecule has 2 heterocycles. The Morgan fingerprint density at radius 1 is 1.44 bits per heavy atom. The van der Waals surface area contributed by atoms with Crippen molar-refractivity contribution in [2.75, 3.05) is 0 Å². The van der Waals surface area contributed by atoms with Crippen LogP contribution in [0.5, 0.6) is 0 Å². The van der Waals surface area contributed by atoms with E-state index in [1.165, 1.54) is 12.1 Å². The Morgan fingerprint density at radius 3 is 2.94 bits per heavy atom. The van der Waals surface area contributed by atoms with Gasteiger partial charge in [-0.1, -0.05) is 13.0 Å². The summed E-state index contributed by atoms with van der Waals surface area (Å²) in [7, 11) is 0. The maximum absolute atomic E-state index is 11.7. The van der Waals surface area contributed by atoms with Gasteiger partial charge in [0.2, 0.25) is 0 Å². The molecule has 0 spiro atoms. The third kappa shape index (κ3) is 2.90. The van der Waals surface area contributed by atoms with Gasteiger partial charge in [0.1, 0.15) is 0 Å². The first kappa shape index (κ1) is 12.6. The van der Waals surface area contributed by atoms with Crippen LogP contribution >= 0.6 is 11.6 Å². The fraction of sp³-hybridized carbons (Fsp3) is 0.231. The third-order valence-electron chi connectivity index (χ3n) is 2.58. The summed E-state index contributed by atoms with van der Waals surface area (Å²) in [6.45, 7) is 2.43. The number of furan rings is 1. The molecule has 0 radical (unpaired) electrons. The molecule has 0 saturated heterocycles. The van der Waals surface area contributed by atoms with Crippen LogP contribution in [0.25, 0.3) is 0 Å². The molecular formula is C13H13ClN2O2. The monoisotopic (exact) mass is 264 g/mol. The quantitative estimate of drug-likeness (QED) is 0.924. The number of carbonyl (C=O) groups excluding carboxylic acids is 1. The van der Waals surface area contributed by atoms with Crippen molar-refractivity contribution in [2.24, 2.45) is 0 Å². The van der Waals surface area contributed by atoms with Crippen molar-refractivity contribution >= 4 is 17.5 Å². The molecule has 2 aromatic heterocycles. The molecule has 1 amide bonds. The summed E-state index contributed by atoms with van der Waals surface area (Å²) in [6, 6.07) is 6.96. The Hall–Kier alpha value is -1.81. The molecular weight excluding hydrogens is 252 g/mol. The largest absolute Gasteiger partial charge is 0.440 e. The number of nitrogens with zero attached hydrogens (tertiary/aromatic N) is 1. The maximum Gasteiger partial charge on any atom is 0.287 e. The Bertz CT molecular complexity index is 551. The van der Waals surface area contributed by atoms with Gasteiger partial charge < -0.3 is 9.73 Å². The van der Waals surface area contributed by atoms with Gasteiger partial charge in [-0.2, -0.15) is 0 Å². The highest BCUT2D eigenvalue weighted by Crippen LogP contribution is 2.13. The van der Waals surface area contributed by atoms with Crippen LogP contribution in [0.15, 0.2) is 34.9 Å². The SMILES string of the molecule is CCc1cccnc1CNC(=O)c1ccc(Cl)o1. The lowest BCUT2D eigenvalue weighted by molar-refractivity contribution is 0.0922. The Morgan fingerprint density at radius 2 is 2.28 bits per heavy atom. The van der Waals surface area contributed by atoms with E-state index in [9.17, 15) is 4.79 Å². The predicted molar refractivity (Wildman–Crippen MR) is 68.5 cm³/mol. The van der Waals surface area contributed by atoms with Crippen LogP contribution in [0.2, 0.25) is 5.22 Å². The van der Waals surface area contributed by atoms with Crippen molar-refractivity contribution in [1.82, 2.24) is 10.3 Å². The molecule has 0 aliphatic carbocycles. The molecule has 0 fully saturated rings. The lowest BCUT2D eigenvalue weighted by atomic mass is 10.1. The minimum Gasteiger partial charge on any atom is -0.440 e. The summed E-state index contributed by atoms with van der Waals surface area (Å²) in [4.78, 5) is 16.0. The summed E-state index contributed by atoms with van der Waals surface area (Å²) in [5.74, 6) is -0.0939. The summed E-state index contributed by atoms with van der Waals surface area (Å²) in [5.41, 5.74) is 1.99. The summed E-state index contributed by atoms with van der Waals surface area (Å²) >= 11 is 5.61. The molecule has 0 unspecified atom stereocenters. The number of carbonyl (C=O) groups is 1. The first-order chi connectivity index (χ1) is 8.70. The van der Waals surface area contributed by atoms with Crippen LogP contribution in [0, 0.1) is 0 Å². The van der Waals surface area contributed by atoms with Gasteiger partial charge in [0.05, 0.1) is 12.2 Å². The molecule has 0 aliphatic rings. The topological polar surface area (TPSA) is 55.1 Å². The molecule has 1 N–H and O–H groups in total. The first-order valence-electron chi connectivity index (χ1n) is 5.67. The summed E-state index contributed by atoms with van der Waals surface area (Å²) < 4.78 is 5.02. The van der Waals surface area contributed by atoms with E-state index in [0.29, 0.717) is 6.54 Å². The number of aryl methyl sites for hydroxylation is 1. The highest BCUT2D eigenvalue weighted by atomic mass is 35.5. The molecule has 2 rings (SSSR count). The second-order valence-electron chi connectivity index (χ2n) is 3.75. The van der Waals surface area contributed by atoms with E-state index in [2.05, 4.69) is 17.2 Å². The number of rotatable bonds is 4. The molecule has 94 valence electrons. The van der Waals surface area contributed by atoms with Gasteiger partial charge in [-0.25, -0.2) is 0 Å². The number of hydrogen-bond donors (Lipinski definition) is 1. The number of nitrogens with one attached hydrogen (secondary N) is 1. The number of hydrogen-bond acceptors (Lipinski definition) is 3. The zero-order valence-corrected chi connectivity index (χ0v) is 10.7. The van der Waals surface area contributed by atoms with E-state index in [0.717, 1.165) is 17.7 Å². The smallest absolute Gasteiger partial charge is 0.287 e. The zero-order chi connectivity index (χ0) is 13.0. The normalized spacial score (nSPS) is 10.3. The molecule has 18 heavy (non-hydrogen) atoms. The van der Waals surface area contributed by atoms with E-state index in [-0.39, 0.29) is 16.9 Å². The standard InChI is InChI=1S/C13H13ClN2O2/c1-2-9-4-3-7-15-10(9)8-16-13(17)11-5-6-12(14)18-11/h3-7H,2,8H2,1H3,(H,16,17). The lowest BCUT2D eigenvalue weighted by Crippen LogP contribution is -2.23. The van der Waals surface area contributed by atoms with Gasteiger partial charge in [0.15, 0.2) is 11.0 Å². The van der Waals surface area contributed by atoms with Crippen LogP contribution in [-0.4, -0.2) is 10.9 Å². The van der Waals surface area contributed by atoms with Gasteiger partial charge in [-0.15, -0.1) is 0 Å². The van der Waals surface area contributed by atoms with Crippen molar-refractivity contribution in [1.29, 1.82) is 0 Å². The Labute approximate surface area is 110 Å². The second kappa shape index (κ2) is 5.69. The van der Waals surface area contributed by atoms with Gasteiger partial charge in [-0.05, 0) is 41.8 Å². The van der Waals surface area contributed by atoms with Crippen molar-refractivity contribution in [3.63, 3.8) is 0 Å². The molecule has 0 saturated carbocycles. The minimum absolute atomic E-state index is 0.201. The van der Waals surface area contributed by atoms with Gasteiger partial charge in [-0.3, -0.25) is 9.78 Å². The van der Waals surface area contributed by atoms with Crippen LogP contribution < -0.4 is 5.32 Å². The molecule has 2 aromatic rings. The fourth-order valence-electron chi connectivity index (χ4n) is 1.64. The molecule has 5 heteroatoms.